The molecule has 0 aliphatic rings. The molecule has 0 saturated carbocycles. The Balaban J connectivity index is 2.40. The number of nitrogens with zero attached hydrogens (tertiary/aromatic N) is 3. The van der Waals surface area contributed by atoms with Crippen LogP contribution >= 0.6 is 0 Å². The first-order valence-electron chi connectivity index (χ1n) is 5.16. The first-order valence-corrected chi connectivity index (χ1v) is 5.16. The molecule has 5 nitrogen and oxygen atoms in total. The van der Waals surface area contributed by atoms with E-state index in [4.69, 9.17) is 4.74 Å². The molecule has 0 spiro atoms. The van der Waals surface area contributed by atoms with Gasteiger partial charge in [-0.05, 0) is 19.1 Å². The summed E-state index contributed by atoms with van der Waals surface area (Å²) in [6.45, 7) is 1.85. The molecular weight excluding hydrogens is 218 g/mol. The van der Waals surface area contributed by atoms with E-state index in [1.807, 2.05) is 6.92 Å². The minimum atomic E-state index is -0.112. The van der Waals surface area contributed by atoms with Crippen LogP contribution in [0.4, 0.5) is 0 Å². The fourth-order valence-corrected chi connectivity index (χ4v) is 1.63. The number of ketones is 1. The van der Waals surface area contributed by atoms with Gasteiger partial charge in [-0.3, -0.25) is 14.5 Å². The zero-order valence-corrected chi connectivity index (χ0v) is 9.97. The third-order valence-corrected chi connectivity index (χ3v) is 2.45. The van der Waals surface area contributed by atoms with E-state index in [9.17, 15) is 4.79 Å². The van der Waals surface area contributed by atoms with Gasteiger partial charge in [0.25, 0.3) is 0 Å². The maximum atomic E-state index is 12.2. The van der Waals surface area contributed by atoms with Gasteiger partial charge < -0.3 is 4.74 Å². The largest absolute Gasteiger partial charge is 0.495 e. The number of carbonyl (C=O) groups is 1. The number of aryl methyl sites for hydroxylation is 2. The molecule has 0 amide bonds. The third-order valence-electron chi connectivity index (χ3n) is 2.45. The average Bonchev–Trinajstić information content (AvgIpc) is 2.67. The highest BCUT2D eigenvalue weighted by Crippen LogP contribution is 2.14. The number of hydrogen-bond acceptors (Lipinski definition) is 4. The van der Waals surface area contributed by atoms with Crippen molar-refractivity contribution in [3.05, 3.63) is 41.5 Å². The molecule has 5 heteroatoms. The maximum absolute atomic E-state index is 12.2. The summed E-state index contributed by atoms with van der Waals surface area (Å²) >= 11 is 0. The van der Waals surface area contributed by atoms with Gasteiger partial charge in [0.1, 0.15) is 11.4 Å². The van der Waals surface area contributed by atoms with Crippen LogP contribution in [0.3, 0.4) is 0 Å². The van der Waals surface area contributed by atoms with Crippen LogP contribution in [-0.2, 0) is 7.05 Å². The molecular formula is C12H13N3O2. The van der Waals surface area contributed by atoms with Gasteiger partial charge in [0, 0.05) is 18.8 Å². The number of hydrogen-bond donors (Lipinski definition) is 0. The van der Waals surface area contributed by atoms with Crippen molar-refractivity contribution < 1.29 is 9.53 Å². The van der Waals surface area contributed by atoms with E-state index in [-0.39, 0.29) is 5.78 Å². The summed E-state index contributed by atoms with van der Waals surface area (Å²) in [5, 5.41) is 4.14. The number of carbonyl (C=O) groups excluding carboxylic acids is 1. The van der Waals surface area contributed by atoms with Gasteiger partial charge in [-0.15, -0.1) is 0 Å². The second-order valence-electron chi connectivity index (χ2n) is 3.74. The van der Waals surface area contributed by atoms with Crippen LogP contribution < -0.4 is 4.74 Å². The van der Waals surface area contributed by atoms with Crippen LogP contribution in [0.15, 0.2) is 24.5 Å². The SMILES string of the molecule is COc1cncc(C(=O)c2cc(C)nn2C)c1. The summed E-state index contributed by atoms with van der Waals surface area (Å²) in [5.41, 5.74) is 1.84. The molecule has 0 unspecified atom stereocenters. The van der Waals surface area contributed by atoms with Gasteiger partial charge in [0.05, 0.1) is 19.0 Å². The molecule has 2 heterocycles. The summed E-state index contributed by atoms with van der Waals surface area (Å²) in [6, 6.07) is 3.42. The van der Waals surface area contributed by atoms with E-state index in [0.717, 1.165) is 5.69 Å². The lowest BCUT2D eigenvalue weighted by Crippen LogP contribution is -2.08. The molecule has 17 heavy (non-hydrogen) atoms. The molecule has 0 aromatic carbocycles. The lowest BCUT2D eigenvalue weighted by molar-refractivity contribution is 0.102. The molecule has 88 valence electrons. The Kier molecular flexibility index (Phi) is 2.91. The van der Waals surface area contributed by atoms with Crippen molar-refractivity contribution >= 4 is 5.78 Å². The van der Waals surface area contributed by atoms with Crippen molar-refractivity contribution in [2.45, 2.75) is 6.92 Å². The number of aromatic nitrogens is 3. The van der Waals surface area contributed by atoms with Crippen molar-refractivity contribution in [2.75, 3.05) is 7.11 Å². The Morgan fingerprint density at radius 3 is 2.71 bits per heavy atom. The van der Waals surface area contributed by atoms with E-state index in [1.165, 1.54) is 6.20 Å². The topological polar surface area (TPSA) is 57.0 Å². The van der Waals surface area contributed by atoms with E-state index in [2.05, 4.69) is 10.1 Å². The predicted molar refractivity (Wildman–Crippen MR) is 62.2 cm³/mol. The second-order valence-corrected chi connectivity index (χ2v) is 3.74. The normalized spacial score (nSPS) is 10.3. The van der Waals surface area contributed by atoms with Crippen molar-refractivity contribution in [1.82, 2.24) is 14.8 Å². The van der Waals surface area contributed by atoms with Crippen molar-refractivity contribution in [3.63, 3.8) is 0 Å². The summed E-state index contributed by atoms with van der Waals surface area (Å²) in [6.07, 6.45) is 3.08. The van der Waals surface area contributed by atoms with Gasteiger partial charge in [-0.2, -0.15) is 5.10 Å². The van der Waals surface area contributed by atoms with E-state index in [1.54, 1.807) is 37.2 Å². The third kappa shape index (κ3) is 2.18. The minimum Gasteiger partial charge on any atom is -0.495 e. The van der Waals surface area contributed by atoms with Gasteiger partial charge in [0.15, 0.2) is 0 Å². The first-order chi connectivity index (χ1) is 8.11. The molecule has 2 rings (SSSR count). The van der Waals surface area contributed by atoms with Crippen LogP contribution in [0.25, 0.3) is 0 Å². The Labute approximate surface area is 99.1 Å². The first kappa shape index (κ1) is 11.3. The van der Waals surface area contributed by atoms with Crippen molar-refractivity contribution in [1.29, 1.82) is 0 Å². The highest BCUT2D eigenvalue weighted by atomic mass is 16.5. The smallest absolute Gasteiger partial charge is 0.212 e. The van der Waals surface area contributed by atoms with Crippen molar-refractivity contribution in [2.24, 2.45) is 7.05 Å². The van der Waals surface area contributed by atoms with E-state index >= 15 is 0 Å². The predicted octanol–water partition coefficient (Wildman–Crippen LogP) is 1.36. The van der Waals surface area contributed by atoms with Crippen LogP contribution in [0, 0.1) is 6.92 Å². The van der Waals surface area contributed by atoms with Crippen LogP contribution in [-0.4, -0.2) is 27.7 Å². The molecule has 0 saturated heterocycles. The quantitative estimate of drug-likeness (QED) is 0.748. The van der Waals surface area contributed by atoms with Crippen LogP contribution in [0.1, 0.15) is 21.7 Å². The minimum absolute atomic E-state index is 0.112. The molecule has 2 aromatic heterocycles. The van der Waals surface area contributed by atoms with E-state index < -0.39 is 0 Å². The zero-order chi connectivity index (χ0) is 12.4. The Morgan fingerprint density at radius 1 is 1.35 bits per heavy atom. The lowest BCUT2D eigenvalue weighted by atomic mass is 10.1. The Morgan fingerprint density at radius 2 is 2.12 bits per heavy atom. The fraction of sp³-hybridized carbons (Fsp3) is 0.250. The number of rotatable bonds is 3. The summed E-state index contributed by atoms with van der Waals surface area (Å²) in [4.78, 5) is 16.2. The molecule has 2 aromatic rings. The van der Waals surface area contributed by atoms with Gasteiger partial charge in [-0.1, -0.05) is 0 Å². The van der Waals surface area contributed by atoms with Gasteiger partial charge >= 0.3 is 0 Å². The van der Waals surface area contributed by atoms with Gasteiger partial charge in [0.2, 0.25) is 5.78 Å². The second kappa shape index (κ2) is 4.37. The monoisotopic (exact) mass is 231 g/mol. The molecule has 0 aliphatic heterocycles. The average molecular weight is 231 g/mol. The summed E-state index contributed by atoms with van der Waals surface area (Å²) in [5.74, 6) is 0.453. The zero-order valence-electron chi connectivity index (χ0n) is 9.97. The Hall–Kier alpha value is -2.17. The van der Waals surface area contributed by atoms with Crippen LogP contribution in [0.5, 0.6) is 5.75 Å². The lowest BCUT2D eigenvalue weighted by Gasteiger charge is -2.03. The highest BCUT2D eigenvalue weighted by molar-refractivity contribution is 6.07. The van der Waals surface area contributed by atoms with Crippen LogP contribution in [0.2, 0.25) is 0 Å². The summed E-state index contributed by atoms with van der Waals surface area (Å²) < 4.78 is 6.61. The summed E-state index contributed by atoms with van der Waals surface area (Å²) in [7, 11) is 3.29. The molecule has 0 aliphatic carbocycles. The van der Waals surface area contributed by atoms with E-state index in [0.29, 0.717) is 17.0 Å². The Bertz CT molecular complexity index is 561. The van der Waals surface area contributed by atoms with Crippen molar-refractivity contribution in [3.8, 4) is 5.75 Å². The molecule has 0 fully saturated rings. The fourth-order valence-electron chi connectivity index (χ4n) is 1.63. The highest BCUT2D eigenvalue weighted by Gasteiger charge is 2.15. The van der Waals surface area contributed by atoms with Gasteiger partial charge in [-0.25, -0.2) is 0 Å². The molecule has 0 radical (unpaired) electrons. The standard InChI is InChI=1S/C12H13N3O2/c1-8-4-11(15(2)14-8)12(16)9-5-10(17-3)7-13-6-9/h4-7H,1-3H3. The molecule has 0 atom stereocenters. The number of ether oxygens (including phenoxy) is 1. The number of methoxy groups -OCH3 is 1. The molecule has 0 N–H and O–H groups in total. The molecule has 0 bridgehead atoms. The maximum Gasteiger partial charge on any atom is 0.212 e. The number of pyridine rings is 1.